The Kier molecular flexibility index (Phi) is 9.34. The zero-order valence-corrected chi connectivity index (χ0v) is 20.7. The number of carbonyl (C=O) groups is 2. The van der Waals surface area contributed by atoms with Crippen LogP contribution in [0.15, 0.2) is 83.3 Å². The molecule has 2 amide bonds. The molecule has 3 aromatic rings. The lowest BCUT2D eigenvalue weighted by atomic mass is 10.0. The first-order valence-corrected chi connectivity index (χ1v) is 11.9. The molecule has 0 aliphatic heterocycles. The van der Waals surface area contributed by atoms with Gasteiger partial charge in [0, 0.05) is 29.0 Å². The van der Waals surface area contributed by atoms with E-state index >= 15 is 0 Å². The van der Waals surface area contributed by atoms with Crippen LogP contribution in [0.25, 0.3) is 0 Å². The van der Waals surface area contributed by atoms with Crippen LogP contribution >= 0.6 is 27.5 Å². The van der Waals surface area contributed by atoms with Crippen LogP contribution in [0, 0.1) is 0 Å². The van der Waals surface area contributed by atoms with Crippen molar-refractivity contribution >= 4 is 39.3 Å². The molecule has 0 saturated carbocycles. The van der Waals surface area contributed by atoms with Crippen molar-refractivity contribution in [3.8, 4) is 5.75 Å². The number of benzene rings is 3. The standard InChI is InChI=1S/C26H26BrClN2O3/c1-2-29-26(32)24(16-19-8-4-3-5-9-19)30(17-20-10-6-7-11-23(20)28)25(31)18-33-22-14-12-21(27)13-15-22/h3-15,24H,2,16-18H2,1H3,(H,29,32)/t24-/m0/s1. The fourth-order valence-electron chi connectivity index (χ4n) is 3.41. The van der Waals surface area contributed by atoms with Gasteiger partial charge in [0.2, 0.25) is 5.91 Å². The van der Waals surface area contributed by atoms with Crippen LogP contribution in [-0.4, -0.2) is 35.9 Å². The third-order valence-electron chi connectivity index (χ3n) is 5.10. The minimum Gasteiger partial charge on any atom is -0.484 e. The maximum atomic E-state index is 13.4. The number of nitrogens with one attached hydrogen (secondary N) is 1. The molecule has 0 heterocycles. The van der Waals surface area contributed by atoms with Gasteiger partial charge in [-0.05, 0) is 48.4 Å². The number of halogens is 2. The smallest absolute Gasteiger partial charge is 0.261 e. The van der Waals surface area contributed by atoms with Gasteiger partial charge in [-0.1, -0.05) is 76.1 Å². The third kappa shape index (κ3) is 7.34. The molecular weight excluding hydrogens is 504 g/mol. The highest BCUT2D eigenvalue weighted by Crippen LogP contribution is 2.21. The third-order valence-corrected chi connectivity index (χ3v) is 5.99. The van der Waals surface area contributed by atoms with Crippen molar-refractivity contribution in [2.24, 2.45) is 0 Å². The van der Waals surface area contributed by atoms with E-state index in [-0.39, 0.29) is 25.0 Å². The molecular formula is C26H26BrClN2O3. The first-order valence-electron chi connectivity index (χ1n) is 10.7. The maximum absolute atomic E-state index is 13.4. The molecule has 3 rings (SSSR count). The van der Waals surface area contributed by atoms with Gasteiger partial charge >= 0.3 is 0 Å². The van der Waals surface area contributed by atoms with E-state index < -0.39 is 6.04 Å². The Bertz CT molecular complexity index is 1060. The van der Waals surface area contributed by atoms with E-state index in [1.165, 1.54) is 0 Å². The van der Waals surface area contributed by atoms with Crippen LogP contribution in [0.2, 0.25) is 5.02 Å². The predicted molar refractivity (Wildman–Crippen MR) is 134 cm³/mol. The highest BCUT2D eigenvalue weighted by atomic mass is 79.9. The molecule has 172 valence electrons. The Morgan fingerprint density at radius 2 is 1.67 bits per heavy atom. The zero-order chi connectivity index (χ0) is 23.6. The summed E-state index contributed by atoms with van der Waals surface area (Å²) in [5, 5.41) is 3.41. The first-order chi connectivity index (χ1) is 16.0. The van der Waals surface area contributed by atoms with Crippen molar-refractivity contribution in [2.45, 2.75) is 25.9 Å². The van der Waals surface area contributed by atoms with Crippen LogP contribution < -0.4 is 10.1 Å². The van der Waals surface area contributed by atoms with Crippen molar-refractivity contribution < 1.29 is 14.3 Å². The number of hydrogen-bond donors (Lipinski definition) is 1. The average molecular weight is 530 g/mol. The molecule has 0 saturated heterocycles. The molecule has 0 aliphatic carbocycles. The summed E-state index contributed by atoms with van der Waals surface area (Å²) in [6.07, 6.45) is 0.376. The molecule has 0 fully saturated rings. The number of likely N-dealkylation sites (N-methyl/N-ethyl adjacent to an activating group) is 1. The van der Waals surface area contributed by atoms with E-state index in [1.807, 2.05) is 67.6 Å². The van der Waals surface area contributed by atoms with Gasteiger partial charge in [-0.3, -0.25) is 9.59 Å². The minimum atomic E-state index is -0.718. The van der Waals surface area contributed by atoms with E-state index in [0.29, 0.717) is 23.7 Å². The molecule has 0 aromatic heterocycles. The minimum absolute atomic E-state index is 0.191. The Morgan fingerprint density at radius 3 is 2.33 bits per heavy atom. The highest BCUT2D eigenvalue weighted by molar-refractivity contribution is 9.10. The summed E-state index contributed by atoms with van der Waals surface area (Å²) in [6, 6.07) is 23.5. The summed E-state index contributed by atoms with van der Waals surface area (Å²) < 4.78 is 6.65. The van der Waals surface area contributed by atoms with Crippen molar-refractivity contribution in [2.75, 3.05) is 13.2 Å². The van der Waals surface area contributed by atoms with Crippen molar-refractivity contribution in [3.63, 3.8) is 0 Å². The van der Waals surface area contributed by atoms with Crippen LogP contribution in [0.5, 0.6) is 5.75 Å². The van der Waals surface area contributed by atoms with E-state index in [0.717, 1.165) is 15.6 Å². The second-order valence-electron chi connectivity index (χ2n) is 7.46. The van der Waals surface area contributed by atoms with Gasteiger partial charge in [-0.25, -0.2) is 0 Å². The largest absolute Gasteiger partial charge is 0.484 e. The van der Waals surface area contributed by atoms with Gasteiger partial charge in [0.05, 0.1) is 0 Å². The molecule has 5 nitrogen and oxygen atoms in total. The monoisotopic (exact) mass is 528 g/mol. The second kappa shape index (κ2) is 12.4. The average Bonchev–Trinajstić information content (AvgIpc) is 2.82. The highest BCUT2D eigenvalue weighted by Gasteiger charge is 2.30. The quantitative estimate of drug-likeness (QED) is 0.390. The number of rotatable bonds is 10. The van der Waals surface area contributed by atoms with E-state index in [2.05, 4.69) is 21.2 Å². The van der Waals surface area contributed by atoms with Gasteiger partial charge in [0.15, 0.2) is 6.61 Å². The number of ether oxygens (including phenoxy) is 1. The molecule has 1 N–H and O–H groups in total. The normalized spacial score (nSPS) is 11.5. The number of nitrogens with zero attached hydrogens (tertiary/aromatic N) is 1. The van der Waals surface area contributed by atoms with Crippen molar-refractivity contribution in [3.05, 3.63) is 99.5 Å². The van der Waals surface area contributed by atoms with Crippen LogP contribution in [-0.2, 0) is 22.6 Å². The van der Waals surface area contributed by atoms with Gasteiger partial charge in [-0.2, -0.15) is 0 Å². The topological polar surface area (TPSA) is 58.6 Å². The molecule has 0 aliphatic rings. The summed E-state index contributed by atoms with van der Waals surface area (Å²) in [5.74, 6) is 0.0530. The summed E-state index contributed by atoms with van der Waals surface area (Å²) in [4.78, 5) is 28.1. The molecule has 33 heavy (non-hydrogen) atoms. The predicted octanol–water partition coefficient (Wildman–Crippen LogP) is 5.26. The Morgan fingerprint density at radius 1 is 1.00 bits per heavy atom. The van der Waals surface area contributed by atoms with Crippen molar-refractivity contribution in [1.82, 2.24) is 10.2 Å². The Hall–Kier alpha value is -2.83. The van der Waals surface area contributed by atoms with E-state index in [1.54, 1.807) is 23.1 Å². The lowest BCUT2D eigenvalue weighted by Crippen LogP contribution is -2.51. The van der Waals surface area contributed by atoms with Crippen LogP contribution in [0.1, 0.15) is 18.1 Å². The van der Waals surface area contributed by atoms with Gasteiger partial charge in [0.1, 0.15) is 11.8 Å². The number of carbonyl (C=O) groups excluding carboxylic acids is 2. The molecule has 0 radical (unpaired) electrons. The Labute approximate surface area is 207 Å². The summed E-state index contributed by atoms with van der Waals surface area (Å²) in [5.41, 5.74) is 1.72. The van der Waals surface area contributed by atoms with Gasteiger partial charge < -0.3 is 15.0 Å². The lowest BCUT2D eigenvalue weighted by molar-refractivity contribution is -0.142. The van der Waals surface area contributed by atoms with E-state index in [9.17, 15) is 9.59 Å². The first kappa shape index (κ1) is 24.8. The fraction of sp³-hybridized carbons (Fsp3) is 0.231. The SMILES string of the molecule is CCNC(=O)[C@H](Cc1ccccc1)N(Cc1ccccc1Cl)C(=O)COc1ccc(Br)cc1. The fourth-order valence-corrected chi connectivity index (χ4v) is 3.87. The molecule has 7 heteroatoms. The van der Waals surface area contributed by atoms with Crippen molar-refractivity contribution in [1.29, 1.82) is 0 Å². The molecule has 1 atom stereocenters. The Balaban J connectivity index is 1.89. The zero-order valence-electron chi connectivity index (χ0n) is 18.3. The molecule has 0 bridgehead atoms. The summed E-state index contributed by atoms with van der Waals surface area (Å²) in [7, 11) is 0. The summed E-state index contributed by atoms with van der Waals surface area (Å²) in [6.45, 7) is 2.32. The number of hydrogen-bond acceptors (Lipinski definition) is 3. The molecule has 0 spiro atoms. The van der Waals surface area contributed by atoms with Gasteiger partial charge in [-0.15, -0.1) is 0 Å². The van der Waals surface area contributed by atoms with Gasteiger partial charge in [0.25, 0.3) is 5.91 Å². The maximum Gasteiger partial charge on any atom is 0.261 e. The molecule has 3 aromatic carbocycles. The molecule has 0 unspecified atom stereocenters. The number of amides is 2. The van der Waals surface area contributed by atoms with Crippen LogP contribution in [0.4, 0.5) is 0 Å². The lowest BCUT2D eigenvalue weighted by Gasteiger charge is -2.31. The summed E-state index contributed by atoms with van der Waals surface area (Å²) >= 11 is 9.78. The van der Waals surface area contributed by atoms with Crippen LogP contribution in [0.3, 0.4) is 0 Å². The van der Waals surface area contributed by atoms with E-state index in [4.69, 9.17) is 16.3 Å². The second-order valence-corrected chi connectivity index (χ2v) is 8.78.